The molecule has 0 aliphatic carbocycles. The van der Waals surface area contributed by atoms with E-state index in [1.807, 2.05) is 43.3 Å². The molecule has 7 heteroatoms. The minimum absolute atomic E-state index is 0.114. The van der Waals surface area contributed by atoms with E-state index in [2.05, 4.69) is 20.3 Å². The fraction of sp³-hybridized carbons (Fsp3) is 0.211. The van der Waals surface area contributed by atoms with Crippen LogP contribution in [0.2, 0.25) is 0 Å². The molecular formula is C19H19N5O2. The zero-order valence-corrected chi connectivity index (χ0v) is 14.6. The van der Waals surface area contributed by atoms with Crippen molar-refractivity contribution in [2.24, 2.45) is 0 Å². The first-order chi connectivity index (χ1) is 12.7. The number of methoxy groups -OCH3 is 1. The Morgan fingerprint density at radius 1 is 1.23 bits per heavy atom. The minimum atomic E-state index is -0.114. The van der Waals surface area contributed by atoms with Gasteiger partial charge in [-0.1, -0.05) is 12.1 Å². The SMILES string of the molecule is CCn1c(=O)[nH]c2cc3c(NCc4cccc(OC)c4)ncnc3cc21. The van der Waals surface area contributed by atoms with Crippen LogP contribution in [0, 0.1) is 0 Å². The Kier molecular flexibility index (Phi) is 4.04. The average molecular weight is 349 g/mol. The van der Waals surface area contributed by atoms with Gasteiger partial charge >= 0.3 is 5.69 Å². The molecule has 0 atom stereocenters. The maximum Gasteiger partial charge on any atom is 0.326 e. The fourth-order valence-corrected chi connectivity index (χ4v) is 3.13. The number of rotatable bonds is 5. The third kappa shape index (κ3) is 2.77. The summed E-state index contributed by atoms with van der Waals surface area (Å²) in [5.74, 6) is 1.54. The van der Waals surface area contributed by atoms with Crippen LogP contribution >= 0.6 is 0 Å². The first-order valence-electron chi connectivity index (χ1n) is 8.43. The second-order valence-electron chi connectivity index (χ2n) is 5.99. The van der Waals surface area contributed by atoms with Crippen molar-refractivity contribution in [3.05, 3.63) is 58.8 Å². The number of benzene rings is 2. The number of hydrogen-bond donors (Lipinski definition) is 2. The van der Waals surface area contributed by atoms with Gasteiger partial charge in [0.25, 0.3) is 0 Å². The molecule has 4 aromatic rings. The van der Waals surface area contributed by atoms with Gasteiger partial charge in [0.05, 0.1) is 23.7 Å². The zero-order chi connectivity index (χ0) is 18.1. The smallest absolute Gasteiger partial charge is 0.326 e. The van der Waals surface area contributed by atoms with Crippen LogP contribution in [0.15, 0.2) is 47.5 Å². The molecule has 2 heterocycles. The molecule has 0 aliphatic rings. The molecule has 0 unspecified atom stereocenters. The molecule has 0 bridgehead atoms. The molecule has 0 spiro atoms. The van der Waals surface area contributed by atoms with Crippen LogP contribution in [-0.2, 0) is 13.1 Å². The van der Waals surface area contributed by atoms with Crippen molar-refractivity contribution in [2.45, 2.75) is 20.0 Å². The van der Waals surface area contributed by atoms with Crippen LogP contribution in [0.25, 0.3) is 21.9 Å². The molecule has 2 aromatic carbocycles. The van der Waals surface area contributed by atoms with Gasteiger partial charge < -0.3 is 15.0 Å². The summed E-state index contributed by atoms with van der Waals surface area (Å²) in [6.45, 7) is 3.16. The Bertz CT molecular complexity index is 1150. The van der Waals surface area contributed by atoms with Crippen LogP contribution in [0.1, 0.15) is 12.5 Å². The number of H-pyrrole nitrogens is 1. The number of imidazole rings is 1. The lowest BCUT2D eigenvalue weighted by Crippen LogP contribution is -2.14. The molecule has 26 heavy (non-hydrogen) atoms. The number of fused-ring (bicyclic) bond motifs is 2. The molecule has 0 saturated heterocycles. The minimum Gasteiger partial charge on any atom is -0.497 e. The number of aromatic nitrogens is 4. The molecule has 0 amide bonds. The molecule has 0 fully saturated rings. The molecule has 2 aromatic heterocycles. The van der Waals surface area contributed by atoms with Crippen molar-refractivity contribution in [1.82, 2.24) is 19.5 Å². The van der Waals surface area contributed by atoms with E-state index >= 15 is 0 Å². The van der Waals surface area contributed by atoms with Gasteiger partial charge in [0.15, 0.2) is 0 Å². The second kappa shape index (κ2) is 6.51. The maximum atomic E-state index is 12.0. The largest absolute Gasteiger partial charge is 0.497 e. The van der Waals surface area contributed by atoms with Crippen LogP contribution in [0.4, 0.5) is 5.82 Å². The Morgan fingerprint density at radius 3 is 2.92 bits per heavy atom. The lowest BCUT2D eigenvalue weighted by atomic mass is 10.2. The summed E-state index contributed by atoms with van der Waals surface area (Å²) in [7, 11) is 1.65. The number of aromatic amines is 1. The van der Waals surface area contributed by atoms with E-state index in [0.717, 1.165) is 39.1 Å². The van der Waals surface area contributed by atoms with E-state index in [1.54, 1.807) is 11.7 Å². The predicted octanol–water partition coefficient (Wildman–Crippen LogP) is 2.91. The van der Waals surface area contributed by atoms with E-state index < -0.39 is 0 Å². The summed E-state index contributed by atoms with van der Waals surface area (Å²) < 4.78 is 6.95. The number of aryl methyl sites for hydroxylation is 1. The van der Waals surface area contributed by atoms with Gasteiger partial charge in [-0.25, -0.2) is 14.8 Å². The first kappa shape index (κ1) is 16.1. The normalized spacial score (nSPS) is 11.2. The number of anilines is 1. The lowest BCUT2D eigenvalue weighted by molar-refractivity contribution is 0.414. The average Bonchev–Trinajstić information content (AvgIpc) is 2.98. The number of ether oxygens (including phenoxy) is 1. The van der Waals surface area contributed by atoms with Crippen LogP contribution in [-0.4, -0.2) is 26.6 Å². The second-order valence-corrected chi connectivity index (χ2v) is 5.99. The predicted molar refractivity (Wildman–Crippen MR) is 102 cm³/mol. The monoisotopic (exact) mass is 349 g/mol. The molecule has 7 nitrogen and oxygen atoms in total. The Hall–Kier alpha value is -3.35. The van der Waals surface area contributed by atoms with Gasteiger partial charge in [0.2, 0.25) is 0 Å². The number of nitrogens with one attached hydrogen (secondary N) is 2. The lowest BCUT2D eigenvalue weighted by Gasteiger charge is -2.10. The van der Waals surface area contributed by atoms with E-state index in [0.29, 0.717) is 13.1 Å². The first-order valence-corrected chi connectivity index (χ1v) is 8.43. The van der Waals surface area contributed by atoms with Gasteiger partial charge in [0, 0.05) is 18.5 Å². The Morgan fingerprint density at radius 2 is 2.12 bits per heavy atom. The topological polar surface area (TPSA) is 84.8 Å². The van der Waals surface area contributed by atoms with Crippen molar-refractivity contribution in [2.75, 3.05) is 12.4 Å². The highest BCUT2D eigenvalue weighted by molar-refractivity contribution is 5.98. The summed E-state index contributed by atoms with van der Waals surface area (Å²) in [4.78, 5) is 23.7. The number of nitrogens with zero attached hydrogens (tertiary/aromatic N) is 3. The third-order valence-corrected chi connectivity index (χ3v) is 4.44. The number of hydrogen-bond acceptors (Lipinski definition) is 5. The van der Waals surface area contributed by atoms with Gasteiger partial charge in [-0.2, -0.15) is 0 Å². The van der Waals surface area contributed by atoms with Crippen molar-refractivity contribution in [3.63, 3.8) is 0 Å². The summed E-state index contributed by atoms with van der Waals surface area (Å²) in [5.41, 5.74) is 3.40. The highest BCUT2D eigenvalue weighted by Gasteiger charge is 2.10. The van der Waals surface area contributed by atoms with E-state index in [1.165, 1.54) is 6.33 Å². The van der Waals surface area contributed by atoms with Crippen molar-refractivity contribution < 1.29 is 4.74 Å². The van der Waals surface area contributed by atoms with Gasteiger partial charge in [0.1, 0.15) is 17.9 Å². The molecule has 4 rings (SSSR count). The standard InChI is InChI=1S/C19H19N5O2/c1-3-24-17-9-15-14(8-16(17)23-19(24)25)18(22-11-21-15)20-10-12-5-4-6-13(7-12)26-2/h4-9,11H,3,10H2,1-2H3,(H,23,25)(H,20,21,22). The molecule has 0 radical (unpaired) electrons. The van der Waals surface area contributed by atoms with Gasteiger partial charge in [-0.3, -0.25) is 4.57 Å². The quantitative estimate of drug-likeness (QED) is 0.579. The fourth-order valence-electron chi connectivity index (χ4n) is 3.13. The van der Waals surface area contributed by atoms with Crippen LogP contribution in [0.5, 0.6) is 5.75 Å². The highest BCUT2D eigenvalue weighted by Crippen LogP contribution is 2.25. The van der Waals surface area contributed by atoms with E-state index in [9.17, 15) is 4.79 Å². The summed E-state index contributed by atoms with van der Waals surface area (Å²) in [6, 6.07) is 11.7. The molecule has 132 valence electrons. The zero-order valence-electron chi connectivity index (χ0n) is 14.6. The summed E-state index contributed by atoms with van der Waals surface area (Å²) in [5, 5.41) is 4.22. The van der Waals surface area contributed by atoms with Crippen molar-refractivity contribution in [1.29, 1.82) is 0 Å². The third-order valence-electron chi connectivity index (χ3n) is 4.44. The van der Waals surface area contributed by atoms with Gasteiger partial charge in [-0.05, 0) is 36.8 Å². The Labute approximate surface area is 149 Å². The molecule has 2 N–H and O–H groups in total. The molecular weight excluding hydrogens is 330 g/mol. The Balaban J connectivity index is 1.73. The summed E-state index contributed by atoms with van der Waals surface area (Å²) in [6.07, 6.45) is 1.53. The highest BCUT2D eigenvalue weighted by atomic mass is 16.5. The van der Waals surface area contributed by atoms with Crippen LogP contribution in [0.3, 0.4) is 0 Å². The van der Waals surface area contributed by atoms with E-state index in [4.69, 9.17) is 4.74 Å². The van der Waals surface area contributed by atoms with E-state index in [-0.39, 0.29) is 5.69 Å². The molecule has 0 aliphatic heterocycles. The van der Waals surface area contributed by atoms with Gasteiger partial charge in [-0.15, -0.1) is 0 Å². The summed E-state index contributed by atoms with van der Waals surface area (Å²) >= 11 is 0. The van der Waals surface area contributed by atoms with Crippen molar-refractivity contribution >= 4 is 27.8 Å². The van der Waals surface area contributed by atoms with Crippen LogP contribution < -0.4 is 15.7 Å². The molecule has 0 saturated carbocycles. The maximum absolute atomic E-state index is 12.0. The van der Waals surface area contributed by atoms with Crippen molar-refractivity contribution in [3.8, 4) is 5.75 Å².